The fourth-order valence-electron chi connectivity index (χ4n) is 2.62. The van der Waals surface area contributed by atoms with Crippen molar-refractivity contribution in [2.24, 2.45) is 11.8 Å². The first kappa shape index (κ1) is 13.8. The van der Waals surface area contributed by atoms with E-state index in [0.29, 0.717) is 11.8 Å². The highest BCUT2D eigenvalue weighted by atomic mass is 19.4. The Bertz CT molecular complexity index is 201. The zero-order valence-electron chi connectivity index (χ0n) is 10.1. The van der Waals surface area contributed by atoms with Crippen molar-refractivity contribution >= 4 is 0 Å². The summed E-state index contributed by atoms with van der Waals surface area (Å²) in [6.45, 7) is 3.51. The maximum Gasteiger partial charge on any atom is 0.401 e. The van der Waals surface area contributed by atoms with Crippen LogP contribution in [-0.2, 0) is 0 Å². The fraction of sp³-hybridized carbons (Fsp3) is 1.00. The Morgan fingerprint density at radius 3 is 2.50 bits per heavy atom. The maximum absolute atomic E-state index is 12.1. The van der Waals surface area contributed by atoms with Gasteiger partial charge < -0.3 is 5.32 Å². The monoisotopic (exact) mass is 237 g/mol. The molecule has 0 aromatic carbocycles. The van der Waals surface area contributed by atoms with Crippen molar-refractivity contribution in [3.05, 3.63) is 0 Å². The van der Waals surface area contributed by atoms with E-state index in [0.717, 1.165) is 25.7 Å². The van der Waals surface area contributed by atoms with Crippen LogP contribution in [0.15, 0.2) is 0 Å². The van der Waals surface area contributed by atoms with E-state index in [1.807, 2.05) is 0 Å². The van der Waals surface area contributed by atoms with Crippen molar-refractivity contribution in [1.29, 1.82) is 0 Å². The lowest BCUT2D eigenvalue weighted by molar-refractivity contribution is -0.126. The van der Waals surface area contributed by atoms with Crippen LogP contribution in [0.4, 0.5) is 13.2 Å². The third-order valence-corrected chi connectivity index (χ3v) is 3.18. The molecule has 0 spiro atoms. The quantitative estimate of drug-likeness (QED) is 0.785. The van der Waals surface area contributed by atoms with E-state index in [2.05, 4.69) is 19.2 Å². The van der Waals surface area contributed by atoms with E-state index in [-0.39, 0.29) is 6.04 Å². The zero-order valence-corrected chi connectivity index (χ0v) is 10.1. The molecule has 1 aliphatic carbocycles. The highest BCUT2D eigenvalue weighted by molar-refractivity contribution is 4.79. The zero-order chi connectivity index (χ0) is 12.2. The van der Waals surface area contributed by atoms with Crippen molar-refractivity contribution < 1.29 is 13.2 Å². The van der Waals surface area contributed by atoms with Gasteiger partial charge in [0.2, 0.25) is 0 Å². The van der Waals surface area contributed by atoms with Crippen molar-refractivity contribution in [3.8, 4) is 0 Å². The minimum absolute atomic E-state index is 0.0686. The summed E-state index contributed by atoms with van der Waals surface area (Å²) in [6.07, 6.45) is 1.11. The summed E-state index contributed by atoms with van der Waals surface area (Å²) in [6, 6.07) is 0.0686. The number of alkyl halides is 3. The van der Waals surface area contributed by atoms with Gasteiger partial charge in [-0.05, 0) is 31.1 Å². The summed E-state index contributed by atoms with van der Waals surface area (Å²) in [5.41, 5.74) is 0. The lowest BCUT2D eigenvalue weighted by atomic mass is 9.81. The average Bonchev–Trinajstić information content (AvgIpc) is 2.13. The standard InChI is InChI=1S/C12H22F3N/c1-9(2)6-10-4-3-5-11(7-10)16-8-12(13,14)15/h9-11,16H,3-8H2,1-2H3. The number of hydrogen-bond acceptors (Lipinski definition) is 1. The normalized spacial score (nSPS) is 27.4. The highest BCUT2D eigenvalue weighted by Gasteiger charge is 2.30. The topological polar surface area (TPSA) is 12.0 Å². The molecule has 0 heterocycles. The second kappa shape index (κ2) is 5.89. The first-order chi connectivity index (χ1) is 7.37. The molecular formula is C12H22F3N. The molecule has 96 valence electrons. The molecule has 0 saturated heterocycles. The van der Waals surface area contributed by atoms with Crippen LogP contribution in [0.25, 0.3) is 0 Å². The Balaban J connectivity index is 2.27. The van der Waals surface area contributed by atoms with E-state index < -0.39 is 12.7 Å². The Morgan fingerprint density at radius 2 is 1.94 bits per heavy atom. The number of nitrogens with one attached hydrogen (secondary N) is 1. The molecule has 1 fully saturated rings. The van der Waals surface area contributed by atoms with Gasteiger partial charge >= 0.3 is 6.18 Å². The minimum atomic E-state index is -4.08. The van der Waals surface area contributed by atoms with Crippen LogP contribution in [0.2, 0.25) is 0 Å². The highest BCUT2D eigenvalue weighted by Crippen LogP contribution is 2.29. The second-order valence-electron chi connectivity index (χ2n) is 5.36. The smallest absolute Gasteiger partial charge is 0.306 e. The van der Waals surface area contributed by atoms with Gasteiger partial charge in [0, 0.05) is 6.04 Å². The lowest BCUT2D eigenvalue weighted by Gasteiger charge is -2.31. The molecule has 2 atom stereocenters. The molecule has 1 nitrogen and oxygen atoms in total. The van der Waals surface area contributed by atoms with E-state index in [4.69, 9.17) is 0 Å². The van der Waals surface area contributed by atoms with Crippen LogP contribution in [0.1, 0.15) is 46.0 Å². The maximum atomic E-state index is 12.1. The van der Waals surface area contributed by atoms with Gasteiger partial charge in [-0.3, -0.25) is 0 Å². The van der Waals surface area contributed by atoms with E-state index in [1.165, 1.54) is 6.42 Å². The van der Waals surface area contributed by atoms with Crippen LogP contribution < -0.4 is 5.32 Å². The van der Waals surface area contributed by atoms with Crippen LogP contribution in [0.5, 0.6) is 0 Å². The number of hydrogen-bond donors (Lipinski definition) is 1. The summed E-state index contributed by atoms with van der Waals surface area (Å²) >= 11 is 0. The molecule has 2 unspecified atom stereocenters. The number of halogens is 3. The van der Waals surface area contributed by atoms with Gasteiger partial charge in [-0.2, -0.15) is 13.2 Å². The Labute approximate surface area is 95.8 Å². The second-order valence-corrected chi connectivity index (χ2v) is 5.36. The molecule has 4 heteroatoms. The summed E-state index contributed by atoms with van der Waals surface area (Å²) in [5, 5.41) is 2.64. The molecule has 0 aromatic heterocycles. The predicted molar refractivity (Wildman–Crippen MR) is 59.3 cm³/mol. The van der Waals surface area contributed by atoms with Crippen molar-refractivity contribution in [3.63, 3.8) is 0 Å². The van der Waals surface area contributed by atoms with Gasteiger partial charge in [-0.15, -0.1) is 0 Å². The van der Waals surface area contributed by atoms with Gasteiger partial charge in [0.05, 0.1) is 6.54 Å². The molecule has 1 rings (SSSR count). The number of rotatable bonds is 4. The molecule has 0 amide bonds. The third kappa shape index (κ3) is 5.73. The van der Waals surface area contributed by atoms with Gasteiger partial charge in [0.1, 0.15) is 0 Å². The summed E-state index contributed by atoms with van der Waals surface area (Å²) in [7, 11) is 0. The summed E-state index contributed by atoms with van der Waals surface area (Å²) in [4.78, 5) is 0. The Hall–Kier alpha value is -0.250. The van der Waals surface area contributed by atoms with Crippen LogP contribution in [-0.4, -0.2) is 18.8 Å². The van der Waals surface area contributed by atoms with Crippen molar-refractivity contribution in [2.45, 2.75) is 58.2 Å². The van der Waals surface area contributed by atoms with Gasteiger partial charge in [-0.25, -0.2) is 0 Å². The first-order valence-electron chi connectivity index (χ1n) is 6.17. The van der Waals surface area contributed by atoms with E-state index >= 15 is 0 Å². The van der Waals surface area contributed by atoms with Gasteiger partial charge in [0.15, 0.2) is 0 Å². The van der Waals surface area contributed by atoms with Crippen LogP contribution >= 0.6 is 0 Å². The Kier molecular flexibility index (Phi) is 5.09. The van der Waals surface area contributed by atoms with Crippen molar-refractivity contribution in [1.82, 2.24) is 5.32 Å². The summed E-state index contributed by atoms with van der Waals surface area (Å²) < 4.78 is 36.2. The lowest BCUT2D eigenvalue weighted by Crippen LogP contribution is -2.40. The molecular weight excluding hydrogens is 215 g/mol. The van der Waals surface area contributed by atoms with E-state index in [1.54, 1.807) is 0 Å². The predicted octanol–water partition coefficient (Wildman–Crippen LogP) is 3.74. The minimum Gasteiger partial charge on any atom is -0.306 e. The molecule has 0 aliphatic heterocycles. The first-order valence-corrected chi connectivity index (χ1v) is 6.17. The van der Waals surface area contributed by atoms with Gasteiger partial charge in [0.25, 0.3) is 0 Å². The molecule has 1 aliphatic rings. The fourth-order valence-corrected chi connectivity index (χ4v) is 2.62. The molecule has 1 saturated carbocycles. The third-order valence-electron chi connectivity index (χ3n) is 3.18. The Morgan fingerprint density at radius 1 is 1.25 bits per heavy atom. The molecule has 16 heavy (non-hydrogen) atoms. The SMILES string of the molecule is CC(C)CC1CCCC(NCC(F)(F)F)C1. The molecule has 0 radical (unpaired) electrons. The average molecular weight is 237 g/mol. The summed E-state index contributed by atoms with van der Waals surface area (Å²) in [5.74, 6) is 1.26. The van der Waals surface area contributed by atoms with Crippen LogP contribution in [0, 0.1) is 11.8 Å². The van der Waals surface area contributed by atoms with Gasteiger partial charge in [-0.1, -0.05) is 26.7 Å². The van der Waals surface area contributed by atoms with E-state index in [9.17, 15) is 13.2 Å². The van der Waals surface area contributed by atoms with Crippen molar-refractivity contribution in [2.75, 3.05) is 6.54 Å². The molecule has 1 N–H and O–H groups in total. The van der Waals surface area contributed by atoms with Crippen LogP contribution in [0.3, 0.4) is 0 Å². The largest absolute Gasteiger partial charge is 0.401 e. The molecule has 0 aromatic rings. The molecule has 0 bridgehead atoms.